The molecule has 0 bridgehead atoms. The number of amides is 1. The first kappa shape index (κ1) is 31.5. The van der Waals surface area contributed by atoms with Crippen molar-refractivity contribution < 1.29 is 9.59 Å². The zero-order chi connectivity index (χ0) is 30.7. The van der Waals surface area contributed by atoms with Gasteiger partial charge in [-0.25, -0.2) is 4.98 Å². The van der Waals surface area contributed by atoms with E-state index in [2.05, 4.69) is 28.6 Å². The number of nitrogens with zero attached hydrogens (tertiary/aromatic N) is 4. The van der Waals surface area contributed by atoms with E-state index in [9.17, 15) is 9.59 Å². The second kappa shape index (κ2) is 15.7. The monoisotopic (exact) mass is 593 g/mol. The number of aryl methyl sites for hydroxylation is 1. The van der Waals surface area contributed by atoms with Gasteiger partial charge >= 0.3 is 0 Å². The van der Waals surface area contributed by atoms with Gasteiger partial charge in [-0.1, -0.05) is 63.4 Å². The Bertz CT molecular complexity index is 1500. The van der Waals surface area contributed by atoms with E-state index in [0.29, 0.717) is 11.1 Å². The Hall–Kier alpha value is -3.97. The molecule has 232 valence electrons. The van der Waals surface area contributed by atoms with Crippen molar-refractivity contribution in [2.24, 2.45) is 0 Å². The van der Waals surface area contributed by atoms with Gasteiger partial charge in [0.1, 0.15) is 0 Å². The molecule has 7 nitrogen and oxygen atoms in total. The first-order chi connectivity index (χ1) is 21.6. The van der Waals surface area contributed by atoms with Crippen LogP contribution in [0.4, 0.5) is 11.6 Å². The van der Waals surface area contributed by atoms with Gasteiger partial charge in [-0.05, 0) is 94.2 Å². The lowest BCUT2D eigenvalue weighted by Gasteiger charge is -2.26. The van der Waals surface area contributed by atoms with Crippen molar-refractivity contribution in [3.63, 3.8) is 0 Å². The fraction of sp³-hybridized carbons (Fsp3) is 0.432. The standard InChI is InChI=1S/C37H47N5O2/c1-3-5-25-41(26-6-4-2)36(44)31-18-21-33-34(28-31)42(27-13-24-40-22-11-8-12-23-40)37(39-33)38-32-19-16-30(17-20-32)35(43)29-14-9-7-10-15-29/h7,9-10,14-21,28H,3-6,8,11-13,22-27H2,1-2H3,(H,38,39). The van der Waals surface area contributed by atoms with Crippen molar-refractivity contribution in [2.75, 3.05) is 38.0 Å². The summed E-state index contributed by atoms with van der Waals surface area (Å²) in [6.45, 7) is 10.1. The minimum atomic E-state index is 0.00575. The number of benzene rings is 3. The Kier molecular flexibility index (Phi) is 11.2. The molecular formula is C37H47N5O2. The van der Waals surface area contributed by atoms with Gasteiger partial charge in [0.25, 0.3) is 5.91 Å². The summed E-state index contributed by atoms with van der Waals surface area (Å²) in [4.78, 5) is 36.1. The number of piperidine rings is 1. The maximum absolute atomic E-state index is 13.7. The third-order valence-corrected chi connectivity index (χ3v) is 8.59. The molecule has 5 rings (SSSR count). The largest absolute Gasteiger partial charge is 0.339 e. The van der Waals surface area contributed by atoms with Crippen LogP contribution in [0.1, 0.15) is 91.5 Å². The summed E-state index contributed by atoms with van der Waals surface area (Å²) in [6.07, 6.45) is 9.04. The summed E-state index contributed by atoms with van der Waals surface area (Å²) in [7, 11) is 0. The second-order valence-corrected chi connectivity index (χ2v) is 11.9. The van der Waals surface area contributed by atoms with Crippen LogP contribution >= 0.6 is 0 Å². The molecule has 0 saturated carbocycles. The highest BCUT2D eigenvalue weighted by Gasteiger charge is 2.19. The lowest BCUT2D eigenvalue weighted by molar-refractivity contribution is 0.0751. The quantitative estimate of drug-likeness (QED) is 0.142. The van der Waals surface area contributed by atoms with Crippen LogP contribution in [0.15, 0.2) is 72.8 Å². The van der Waals surface area contributed by atoms with Crippen molar-refractivity contribution in [2.45, 2.75) is 71.8 Å². The number of unbranched alkanes of at least 4 members (excludes halogenated alkanes) is 2. The zero-order valence-corrected chi connectivity index (χ0v) is 26.4. The number of rotatable bonds is 15. The molecule has 1 amide bonds. The maximum Gasteiger partial charge on any atom is 0.253 e. The molecular weight excluding hydrogens is 546 g/mol. The number of carbonyl (C=O) groups excluding carboxylic acids is 2. The number of aromatic nitrogens is 2. The highest BCUT2D eigenvalue weighted by atomic mass is 16.2. The third-order valence-electron chi connectivity index (χ3n) is 8.59. The Morgan fingerprint density at radius 3 is 2.11 bits per heavy atom. The van der Waals surface area contributed by atoms with Crippen LogP contribution in [-0.2, 0) is 6.54 Å². The number of likely N-dealkylation sites (tertiary alicyclic amines) is 1. The number of hydrogen-bond donors (Lipinski definition) is 1. The molecule has 0 spiro atoms. The van der Waals surface area contributed by atoms with E-state index in [0.717, 1.165) is 86.5 Å². The molecule has 0 radical (unpaired) electrons. The second-order valence-electron chi connectivity index (χ2n) is 11.9. The molecule has 4 aromatic rings. The average Bonchev–Trinajstić information content (AvgIpc) is 3.41. The van der Waals surface area contributed by atoms with E-state index >= 15 is 0 Å². The summed E-state index contributed by atoms with van der Waals surface area (Å²) in [5.41, 5.74) is 4.75. The number of imidazole rings is 1. The lowest BCUT2D eigenvalue weighted by Crippen LogP contribution is -2.33. The molecule has 1 aromatic heterocycles. The first-order valence-electron chi connectivity index (χ1n) is 16.6. The Labute approximate surface area is 262 Å². The summed E-state index contributed by atoms with van der Waals surface area (Å²) in [5, 5.41) is 3.52. The van der Waals surface area contributed by atoms with E-state index in [1.165, 1.54) is 32.4 Å². The van der Waals surface area contributed by atoms with Gasteiger partial charge in [0, 0.05) is 42.0 Å². The summed E-state index contributed by atoms with van der Waals surface area (Å²) >= 11 is 0. The van der Waals surface area contributed by atoms with Gasteiger partial charge in [0.15, 0.2) is 5.78 Å². The van der Waals surface area contributed by atoms with E-state index in [1.54, 1.807) is 0 Å². The summed E-state index contributed by atoms with van der Waals surface area (Å²) in [6, 6.07) is 22.9. The Morgan fingerprint density at radius 1 is 0.773 bits per heavy atom. The van der Waals surface area contributed by atoms with Crippen LogP contribution in [0, 0.1) is 0 Å². The van der Waals surface area contributed by atoms with Gasteiger partial charge < -0.3 is 19.7 Å². The fourth-order valence-electron chi connectivity index (χ4n) is 6.00. The van der Waals surface area contributed by atoms with Gasteiger partial charge in [-0.3, -0.25) is 9.59 Å². The molecule has 1 aliphatic rings. The predicted octanol–water partition coefficient (Wildman–Crippen LogP) is 7.93. The minimum Gasteiger partial charge on any atom is -0.339 e. The highest BCUT2D eigenvalue weighted by molar-refractivity contribution is 6.09. The van der Waals surface area contributed by atoms with E-state index in [4.69, 9.17) is 4.98 Å². The number of anilines is 2. The SMILES string of the molecule is CCCCN(CCCC)C(=O)c1ccc2nc(Nc3ccc(C(=O)c4ccccc4)cc3)n(CCCN3CCCCC3)c2c1. The lowest BCUT2D eigenvalue weighted by atomic mass is 10.0. The molecule has 0 unspecified atom stereocenters. The molecule has 2 heterocycles. The fourth-order valence-corrected chi connectivity index (χ4v) is 6.00. The Balaban J connectivity index is 1.40. The zero-order valence-electron chi connectivity index (χ0n) is 26.4. The smallest absolute Gasteiger partial charge is 0.253 e. The van der Waals surface area contributed by atoms with Crippen LogP contribution in [0.3, 0.4) is 0 Å². The van der Waals surface area contributed by atoms with Crippen molar-refractivity contribution in [3.05, 3.63) is 89.5 Å². The predicted molar refractivity (Wildman–Crippen MR) is 180 cm³/mol. The summed E-state index contributed by atoms with van der Waals surface area (Å²) in [5.74, 6) is 0.855. The molecule has 44 heavy (non-hydrogen) atoms. The topological polar surface area (TPSA) is 70.5 Å². The van der Waals surface area contributed by atoms with Gasteiger partial charge in [-0.2, -0.15) is 0 Å². The van der Waals surface area contributed by atoms with E-state index in [-0.39, 0.29) is 11.7 Å². The number of ketones is 1. The normalized spacial score (nSPS) is 13.7. The van der Waals surface area contributed by atoms with Crippen molar-refractivity contribution in [1.82, 2.24) is 19.4 Å². The molecule has 7 heteroatoms. The van der Waals surface area contributed by atoms with Gasteiger partial charge in [-0.15, -0.1) is 0 Å². The van der Waals surface area contributed by atoms with Crippen molar-refractivity contribution in [1.29, 1.82) is 0 Å². The van der Waals surface area contributed by atoms with Gasteiger partial charge in [0.2, 0.25) is 5.95 Å². The van der Waals surface area contributed by atoms with Crippen molar-refractivity contribution in [3.8, 4) is 0 Å². The van der Waals surface area contributed by atoms with Crippen molar-refractivity contribution >= 4 is 34.4 Å². The molecule has 1 aliphatic heterocycles. The Morgan fingerprint density at radius 2 is 1.43 bits per heavy atom. The first-order valence-corrected chi connectivity index (χ1v) is 16.6. The molecule has 1 saturated heterocycles. The molecule has 1 fully saturated rings. The maximum atomic E-state index is 13.7. The molecule has 0 atom stereocenters. The molecule has 0 aliphatic carbocycles. The third kappa shape index (κ3) is 7.94. The average molecular weight is 594 g/mol. The summed E-state index contributed by atoms with van der Waals surface area (Å²) < 4.78 is 2.22. The molecule has 3 aromatic carbocycles. The van der Waals surface area contributed by atoms with Crippen LogP contribution in [0.2, 0.25) is 0 Å². The highest BCUT2D eigenvalue weighted by Crippen LogP contribution is 2.26. The van der Waals surface area contributed by atoms with Gasteiger partial charge in [0.05, 0.1) is 11.0 Å². The number of fused-ring (bicyclic) bond motifs is 1. The van der Waals surface area contributed by atoms with Crippen LogP contribution in [0.25, 0.3) is 11.0 Å². The number of hydrogen-bond acceptors (Lipinski definition) is 5. The van der Waals surface area contributed by atoms with E-state index in [1.807, 2.05) is 77.7 Å². The minimum absolute atomic E-state index is 0.00575. The van der Waals surface area contributed by atoms with Crippen LogP contribution in [0.5, 0.6) is 0 Å². The number of carbonyl (C=O) groups is 2. The molecule has 1 N–H and O–H groups in total. The van der Waals surface area contributed by atoms with Crippen LogP contribution in [-0.4, -0.2) is 63.8 Å². The van der Waals surface area contributed by atoms with Crippen LogP contribution < -0.4 is 5.32 Å². The van der Waals surface area contributed by atoms with E-state index < -0.39 is 0 Å². The number of nitrogens with one attached hydrogen (secondary N) is 1.